The standard InChI is InChI=1S/C19H18N4O3/c1-13(22-12-4-6-14-5-2-3-7-17(14)22)18-20-21-19(26-18)15-8-10-16(11-9-15)23(24)25/h2-3,5,7-11,13H,4,6,12H2,1H3/t13-/m1/s1. The third kappa shape index (κ3) is 2.92. The molecule has 0 saturated carbocycles. The largest absolute Gasteiger partial charge is 0.418 e. The Morgan fingerprint density at radius 3 is 2.69 bits per heavy atom. The zero-order valence-corrected chi connectivity index (χ0v) is 14.3. The van der Waals surface area contributed by atoms with E-state index in [0.29, 0.717) is 17.3 Å². The fourth-order valence-corrected chi connectivity index (χ4v) is 3.34. The zero-order valence-electron chi connectivity index (χ0n) is 14.3. The molecule has 1 aliphatic rings. The van der Waals surface area contributed by atoms with E-state index in [4.69, 9.17) is 4.42 Å². The van der Waals surface area contributed by atoms with E-state index >= 15 is 0 Å². The summed E-state index contributed by atoms with van der Waals surface area (Å²) in [4.78, 5) is 12.6. The van der Waals surface area contributed by atoms with Gasteiger partial charge in [-0.05, 0) is 43.5 Å². The summed E-state index contributed by atoms with van der Waals surface area (Å²) in [7, 11) is 0. The fourth-order valence-electron chi connectivity index (χ4n) is 3.34. The van der Waals surface area contributed by atoms with Crippen LogP contribution < -0.4 is 4.90 Å². The third-order valence-electron chi connectivity index (χ3n) is 4.74. The Morgan fingerprint density at radius 1 is 1.15 bits per heavy atom. The van der Waals surface area contributed by atoms with Crippen molar-refractivity contribution in [1.82, 2.24) is 10.2 Å². The highest BCUT2D eigenvalue weighted by Crippen LogP contribution is 2.34. The number of anilines is 1. The van der Waals surface area contributed by atoms with Gasteiger partial charge in [-0.25, -0.2) is 0 Å². The van der Waals surface area contributed by atoms with Gasteiger partial charge >= 0.3 is 0 Å². The summed E-state index contributed by atoms with van der Waals surface area (Å²) < 4.78 is 5.87. The number of nitrogens with zero attached hydrogens (tertiary/aromatic N) is 4. The number of para-hydroxylation sites is 1. The zero-order chi connectivity index (χ0) is 18.1. The van der Waals surface area contributed by atoms with Crippen molar-refractivity contribution in [2.75, 3.05) is 11.4 Å². The van der Waals surface area contributed by atoms with E-state index in [9.17, 15) is 10.1 Å². The second kappa shape index (κ2) is 6.59. The van der Waals surface area contributed by atoms with E-state index in [-0.39, 0.29) is 11.7 Å². The van der Waals surface area contributed by atoms with Gasteiger partial charge in [-0.2, -0.15) is 0 Å². The van der Waals surface area contributed by atoms with E-state index in [2.05, 4.69) is 40.2 Å². The van der Waals surface area contributed by atoms with Crippen LogP contribution in [-0.2, 0) is 6.42 Å². The van der Waals surface area contributed by atoms with Crippen molar-refractivity contribution in [3.05, 3.63) is 70.1 Å². The molecule has 0 unspecified atom stereocenters. The molecule has 2 aromatic carbocycles. The van der Waals surface area contributed by atoms with Crippen molar-refractivity contribution in [2.24, 2.45) is 0 Å². The van der Waals surface area contributed by atoms with Crippen LogP contribution in [0, 0.1) is 10.1 Å². The summed E-state index contributed by atoms with van der Waals surface area (Å²) in [5, 5.41) is 19.1. The lowest BCUT2D eigenvalue weighted by Crippen LogP contribution is -2.32. The summed E-state index contributed by atoms with van der Waals surface area (Å²) in [6, 6.07) is 14.4. The topological polar surface area (TPSA) is 85.3 Å². The van der Waals surface area contributed by atoms with Crippen LogP contribution in [0.4, 0.5) is 11.4 Å². The van der Waals surface area contributed by atoms with E-state index in [1.807, 2.05) is 6.07 Å². The van der Waals surface area contributed by atoms with Crippen LogP contribution in [0.5, 0.6) is 0 Å². The molecule has 0 saturated heterocycles. The molecule has 7 nitrogen and oxygen atoms in total. The van der Waals surface area contributed by atoms with Gasteiger partial charge in [0, 0.05) is 29.9 Å². The Labute approximate surface area is 150 Å². The molecule has 0 spiro atoms. The Balaban J connectivity index is 1.59. The van der Waals surface area contributed by atoms with Crippen LogP contribution in [0.1, 0.15) is 30.8 Å². The number of aryl methyl sites for hydroxylation is 1. The SMILES string of the molecule is C[C@H](c1nnc(-c2ccc([N+](=O)[O-])cc2)o1)N1CCCc2ccccc21. The highest BCUT2D eigenvalue weighted by molar-refractivity contribution is 5.57. The normalized spacial score (nSPS) is 14.7. The maximum atomic E-state index is 10.8. The molecule has 1 atom stereocenters. The average molecular weight is 350 g/mol. The first kappa shape index (κ1) is 16.3. The van der Waals surface area contributed by atoms with Crippen LogP contribution in [0.2, 0.25) is 0 Å². The lowest BCUT2D eigenvalue weighted by molar-refractivity contribution is -0.384. The number of rotatable bonds is 4. The smallest absolute Gasteiger partial charge is 0.269 e. The van der Waals surface area contributed by atoms with Crippen LogP contribution in [0.15, 0.2) is 52.9 Å². The summed E-state index contributed by atoms with van der Waals surface area (Å²) in [6.07, 6.45) is 2.17. The first-order valence-electron chi connectivity index (χ1n) is 8.56. The first-order valence-corrected chi connectivity index (χ1v) is 8.56. The van der Waals surface area contributed by atoms with Crippen LogP contribution in [0.25, 0.3) is 11.5 Å². The van der Waals surface area contributed by atoms with E-state index in [1.165, 1.54) is 23.4 Å². The van der Waals surface area contributed by atoms with Gasteiger partial charge in [-0.3, -0.25) is 10.1 Å². The highest BCUT2D eigenvalue weighted by atomic mass is 16.6. The van der Waals surface area contributed by atoms with Crippen molar-refractivity contribution in [3.63, 3.8) is 0 Å². The summed E-state index contributed by atoms with van der Waals surface area (Å²) in [5.74, 6) is 0.905. The number of aromatic nitrogens is 2. The molecular weight excluding hydrogens is 332 g/mol. The number of nitro benzene ring substituents is 1. The van der Waals surface area contributed by atoms with Gasteiger partial charge in [0.25, 0.3) is 5.69 Å². The van der Waals surface area contributed by atoms with Crippen molar-refractivity contribution in [1.29, 1.82) is 0 Å². The van der Waals surface area contributed by atoms with Crippen molar-refractivity contribution >= 4 is 11.4 Å². The van der Waals surface area contributed by atoms with Gasteiger partial charge in [0.15, 0.2) is 0 Å². The molecule has 7 heteroatoms. The monoisotopic (exact) mass is 350 g/mol. The molecule has 1 aromatic heterocycles. The molecule has 0 bridgehead atoms. The molecule has 132 valence electrons. The van der Waals surface area contributed by atoms with Crippen molar-refractivity contribution < 1.29 is 9.34 Å². The molecule has 0 aliphatic carbocycles. The predicted octanol–water partition coefficient (Wildman–Crippen LogP) is 4.16. The molecule has 3 aromatic rings. The summed E-state index contributed by atoms with van der Waals surface area (Å²) >= 11 is 0. The Hall–Kier alpha value is -3.22. The lowest BCUT2D eigenvalue weighted by atomic mass is 10.0. The van der Waals surface area contributed by atoms with Crippen molar-refractivity contribution in [3.8, 4) is 11.5 Å². The van der Waals surface area contributed by atoms with Gasteiger partial charge in [0.1, 0.15) is 6.04 Å². The number of hydrogen-bond acceptors (Lipinski definition) is 6. The first-order chi connectivity index (χ1) is 12.6. The van der Waals surface area contributed by atoms with Crippen LogP contribution in [-0.4, -0.2) is 21.7 Å². The number of fused-ring (bicyclic) bond motifs is 1. The second-order valence-electron chi connectivity index (χ2n) is 6.35. The Morgan fingerprint density at radius 2 is 1.92 bits per heavy atom. The fraction of sp³-hybridized carbons (Fsp3) is 0.263. The lowest BCUT2D eigenvalue weighted by Gasteiger charge is -2.34. The quantitative estimate of drug-likeness (QED) is 0.519. The number of non-ortho nitro benzene ring substituents is 1. The summed E-state index contributed by atoms with van der Waals surface area (Å²) in [5.41, 5.74) is 3.24. The molecule has 26 heavy (non-hydrogen) atoms. The minimum absolute atomic E-state index is 0.0341. The van der Waals surface area contributed by atoms with Crippen LogP contribution >= 0.6 is 0 Å². The van der Waals surface area contributed by atoms with E-state index in [0.717, 1.165) is 19.4 Å². The molecule has 0 N–H and O–H groups in total. The molecule has 1 aliphatic heterocycles. The molecule has 4 rings (SSSR count). The Bertz CT molecular complexity index is 936. The Kier molecular flexibility index (Phi) is 4.12. The predicted molar refractivity (Wildman–Crippen MR) is 96.9 cm³/mol. The van der Waals surface area contributed by atoms with Gasteiger partial charge in [0.2, 0.25) is 11.8 Å². The van der Waals surface area contributed by atoms with Gasteiger partial charge < -0.3 is 9.32 Å². The second-order valence-corrected chi connectivity index (χ2v) is 6.35. The number of nitro groups is 1. The minimum Gasteiger partial charge on any atom is -0.418 e. The van der Waals surface area contributed by atoms with Gasteiger partial charge in [-0.15, -0.1) is 10.2 Å². The molecule has 0 amide bonds. The molecule has 0 fully saturated rings. The maximum absolute atomic E-state index is 10.8. The van der Waals surface area contributed by atoms with E-state index < -0.39 is 4.92 Å². The van der Waals surface area contributed by atoms with Crippen molar-refractivity contribution in [2.45, 2.75) is 25.8 Å². The molecule has 2 heterocycles. The molecular formula is C19H18N4O3. The van der Waals surface area contributed by atoms with Crippen LogP contribution in [0.3, 0.4) is 0 Å². The van der Waals surface area contributed by atoms with E-state index in [1.54, 1.807) is 12.1 Å². The number of benzene rings is 2. The third-order valence-corrected chi connectivity index (χ3v) is 4.74. The van der Waals surface area contributed by atoms with Gasteiger partial charge in [-0.1, -0.05) is 18.2 Å². The molecule has 0 radical (unpaired) electrons. The maximum Gasteiger partial charge on any atom is 0.269 e. The number of hydrogen-bond donors (Lipinski definition) is 0. The van der Waals surface area contributed by atoms with Gasteiger partial charge in [0.05, 0.1) is 4.92 Å². The summed E-state index contributed by atoms with van der Waals surface area (Å²) in [6.45, 7) is 2.99. The average Bonchev–Trinajstić information content (AvgIpc) is 3.17. The highest BCUT2D eigenvalue weighted by Gasteiger charge is 2.26. The minimum atomic E-state index is -0.432.